The van der Waals surface area contributed by atoms with Gasteiger partial charge in [-0.3, -0.25) is 4.79 Å². The summed E-state index contributed by atoms with van der Waals surface area (Å²) in [6.07, 6.45) is 3.13. The van der Waals surface area contributed by atoms with E-state index in [9.17, 15) is 4.79 Å². The molecule has 1 aliphatic rings. The van der Waals surface area contributed by atoms with Crippen LogP contribution in [-0.4, -0.2) is 55.9 Å². The number of rotatable bonds is 6. The van der Waals surface area contributed by atoms with Crippen LogP contribution in [0.1, 0.15) is 29.6 Å². The smallest absolute Gasteiger partial charge is 0.164 e. The number of hydrogen-bond acceptors (Lipinski definition) is 3. The van der Waals surface area contributed by atoms with E-state index >= 15 is 0 Å². The Morgan fingerprint density at radius 3 is 2.43 bits per heavy atom. The lowest BCUT2D eigenvalue weighted by Crippen LogP contribution is -2.38. The molecule has 1 fully saturated rings. The molecule has 1 aromatic carbocycles. The van der Waals surface area contributed by atoms with E-state index in [-0.39, 0.29) is 5.78 Å². The molecule has 1 saturated heterocycles. The van der Waals surface area contributed by atoms with Crippen molar-refractivity contribution >= 4 is 21.7 Å². The number of carbonyl (C=O) groups is 1. The van der Waals surface area contributed by atoms with Crippen LogP contribution >= 0.6 is 15.9 Å². The van der Waals surface area contributed by atoms with Gasteiger partial charge in [0, 0.05) is 29.5 Å². The van der Waals surface area contributed by atoms with Gasteiger partial charge in [0.05, 0.1) is 0 Å². The first-order valence-corrected chi connectivity index (χ1v) is 8.50. The highest BCUT2D eigenvalue weighted by Gasteiger charge is 2.20. The maximum absolute atomic E-state index is 12.2. The minimum absolute atomic E-state index is 0.248. The Labute approximate surface area is 136 Å². The van der Waals surface area contributed by atoms with Crippen LogP contribution in [0.15, 0.2) is 28.7 Å². The van der Waals surface area contributed by atoms with Crippen molar-refractivity contribution in [2.24, 2.45) is 5.92 Å². The summed E-state index contributed by atoms with van der Waals surface area (Å²) in [5, 5.41) is 0. The first-order chi connectivity index (χ1) is 10.0. The molecule has 0 radical (unpaired) electrons. The van der Waals surface area contributed by atoms with Crippen LogP contribution in [0.2, 0.25) is 0 Å². The van der Waals surface area contributed by atoms with Crippen molar-refractivity contribution in [1.82, 2.24) is 9.80 Å². The topological polar surface area (TPSA) is 23.6 Å². The molecule has 0 atom stereocenters. The Kier molecular flexibility index (Phi) is 6.40. The number of ketones is 1. The first kappa shape index (κ1) is 16.7. The second-order valence-electron chi connectivity index (χ2n) is 6.23. The summed E-state index contributed by atoms with van der Waals surface area (Å²) in [7, 11) is 4.28. The van der Waals surface area contributed by atoms with Gasteiger partial charge in [-0.05, 0) is 58.1 Å². The number of benzene rings is 1. The van der Waals surface area contributed by atoms with E-state index in [0.717, 1.165) is 35.6 Å². The van der Waals surface area contributed by atoms with Crippen molar-refractivity contribution in [3.05, 3.63) is 34.3 Å². The number of hydrogen-bond donors (Lipinski definition) is 0. The van der Waals surface area contributed by atoms with Gasteiger partial charge in [0.2, 0.25) is 0 Å². The van der Waals surface area contributed by atoms with Crippen molar-refractivity contribution in [3.8, 4) is 0 Å². The Hall–Kier alpha value is -0.710. The lowest BCUT2D eigenvalue weighted by molar-refractivity contribution is 0.0947. The highest BCUT2D eigenvalue weighted by atomic mass is 79.9. The number of nitrogens with zero attached hydrogens (tertiary/aromatic N) is 2. The number of piperidine rings is 1. The largest absolute Gasteiger partial charge is 0.309 e. The van der Waals surface area contributed by atoms with E-state index in [1.165, 1.54) is 19.4 Å². The van der Waals surface area contributed by atoms with Gasteiger partial charge in [-0.1, -0.05) is 28.1 Å². The van der Waals surface area contributed by atoms with Crippen LogP contribution in [0.3, 0.4) is 0 Å². The summed E-state index contributed by atoms with van der Waals surface area (Å²) in [5.41, 5.74) is 0.820. The fourth-order valence-corrected chi connectivity index (χ4v) is 3.21. The van der Waals surface area contributed by atoms with E-state index in [0.29, 0.717) is 6.42 Å². The van der Waals surface area contributed by atoms with Gasteiger partial charge in [-0.2, -0.15) is 0 Å². The Morgan fingerprint density at radius 2 is 1.86 bits per heavy atom. The summed E-state index contributed by atoms with van der Waals surface area (Å²) in [6.45, 7) is 4.34. The van der Waals surface area contributed by atoms with Crippen molar-refractivity contribution < 1.29 is 4.79 Å². The van der Waals surface area contributed by atoms with E-state index < -0.39 is 0 Å². The monoisotopic (exact) mass is 352 g/mol. The quantitative estimate of drug-likeness (QED) is 0.734. The zero-order valence-corrected chi connectivity index (χ0v) is 14.6. The second-order valence-corrected chi connectivity index (χ2v) is 7.14. The molecule has 0 aromatic heterocycles. The Bertz CT molecular complexity index is 450. The van der Waals surface area contributed by atoms with Crippen LogP contribution in [0.5, 0.6) is 0 Å². The van der Waals surface area contributed by atoms with Crippen LogP contribution in [-0.2, 0) is 0 Å². The molecular formula is C17H25BrN2O. The number of carbonyl (C=O) groups excluding carboxylic acids is 1. The van der Waals surface area contributed by atoms with Crippen molar-refractivity contribution in [3.63, 3.8) is 0 Å². The molecular weight excluding hydrogens is 328 g/mol. The van der Waals surface area contributed by atoms with Gasteiger partial charge in [0.25, 0.3) is 0 Å². The molecule has 2 rings (SSSR count). The lowest BCUT2D eigenvalue weighted by Gasteiger charge is -2.33. The van der Waals surface area contributed by atoms with Crippen LogP contribution in [0, 0.1) is 5.92 Å². The third kappa shape index (κ3) is 5.53. The molecule has 21 heavy (non-hydrogen) atoms. The molecule has 1 aliphatic heterocycles. The zero-order chi connectivity index (χ0) is 15.2. The third-order valence-corrected chi connectivity index (χ3v) is 4.68. The second kappa shape index (κ2) is 8.06. The van der Waals surface area contributed by atoms with Gasteiger partial charge >= 0.3 is 0 Å². The zero-order valence-electron chi connectivity index (χ0n) is 13.0. The fourth-order valence-electron chi connectivity index (χ4n) is 2.95. The maximum Gasteiger partial charge on any atom is 0.164 e. The maximum atomic E-state index is 12.2. The molecule has 1 aromatic rings. The van der Waals surface area contributed by atoms with Crippen molar-refractivity contribution in [1.29, 1.82) is 0 Å². The number of likely N-dealkylation sites (tertiary alicyclic amines) is 1. The molecule has 1 heterocycles. The minimum Gasteiger partial charge on any atom is -0.309 e. The number of halogens is 1. The standard InChI is InChI=1S/C17H25BrN2O/c1-19(2)13-14-7-10-20(11-8-14)12-9-17(21)15-3-5-16(18)6-4-15/h3-6,14H,7-13H2,1-2H3. The van der Waals surface area contributed by atoms with E-state index in [1.54, 1.807) is 0 Å². The highest BCUT2D eigenvalue weighted by Crippen LogP contribution is 2.18. The summed E-state index contributed by atoms with van der Waals surface area (Å²) < 4.78 is 1.02. The van der Waals surface area contributed by atoms with E-state index in [1.807, 2.05) is 24.3 Å². The lowest BCUT2D eigenvalue weighted by atomic mass is 9.96. The third-order valence-electron chi connectivity index (χ3n) is 4.15. The molecule has 0 spiro atoms. The summed E-state index contributed by atoms with van der Waals surface area (Å²) in [5.74, 6) is 1.07. The predicted molar refractivity (Wildman–Crippen MR) is 90.8 cm³/mol. The van der Waals surface area contributed by atoms with Crippen LogP contribution in [0.25, 0.3) is 0 Å². The SMILES string of the molecule is CN(C)CC1CCN(CCC(=O)c2ccc(Br)cc2)CC1. The molecule has 0 bridgehead atoms. The van der Waals surface area contributed by atoms with Crippen LogP contribution in [0.4, 0.5) is 0 Å². The Morgan fingerprint density at radius 1 is 1.24 bits per heavy atom. The van der Waals surface area contributed by atoms with Gasteiger partial charge < -0.3 is 9.80 Å². The molecule has 3 nitrogen and oxygen atoms in total. The van der Waals surface area contributed by atoms with Gasteiger partial charge in [0.15, 0.2) is 5.78 Å². The van der Waals surface area contributed by atoms with Gasteiger partial charge in [-0.25, -0.2) is 0 Å². The summed E-state index contributed by atoms with van der Waals surface area (Å²) >= 11 is 3.40. The van der Waals surface area contributed by atoms with Crippen molar-refractivity contribution in [2.75, 3.05) is 40.3 Å². The molecule has 0 aliphatic carbocycles. The van der Waals surface area contributed by atoms with Gasteiger partial charge in [-0.15, -0.1) is 0 Å². The highest BCUT2D eigenvalue weighted by molar-refractivity contribution is 9.10. The average Bonchev–Trinajstić information content (AvgIpc) is 2.46. The average molecular weight is 353 g/mol. The molecule has 4 heteroatoms. The summed E-state index contributed by atoms with van der Waals surface area (Å²) in [6, 6.07) is 7.66. The van der Waals surface area contributed by atoms with Crippen molar-refractivity contribution in [2.45, 2.75) is 19.3 Å². The normalized spacial score (nSPS) is 17.3. The summed E-state index contributed by atoms with van der Waals surface area (Å²) in [4.78, 5) is 16.9. The molecule has 0 amide bonds. The Balaban J connectivity index is 1.72. The molecule has 0 saturated carbocycles. The number of Topliss-reactive ketones (excluding diaryl/α,β-unsaturated/α-hetero) is 1. The molecule has 116 valence electrons. The van der Waals surface area contributed by atoms with Crippen LogP contribution < -0.4 is 0 Å². The van der Waals surface area contributed by atoms with E-state index in [2.05, 4.69) is 39.8 Å². The first-order valence-electron chi connectivity index (χ1n) is 7.70. The predicted octanol–water partition coefficient (Wildman–Crippen LogP) is 3.30. The van der Waals surface area contributed by atoms with Gasteiger partial charge in [0.1, 0.15) is 0 Å². The van der Waals surface area contributed by atoms with E-state index in [4.69, 9.17) is 0 Å². The molecule has 0 N–H and O–H groups in total. The fraction of sp³-hybridized carbons (Fsp3) is 0.588. The minimum atomic E-state index is 0.248. The molecule has 0 unspecified atom stereocenters.